The fourth-order valence-electron chi connectivity index (χ4n) is 2.96. The van der Waals surface area contributed by atoms with E-state index in [1.807, 2.05) is 0 Å². The molecule has 3 heterocycles. The van der Waals surface area contributed by atoms with Crippen molar-refractivity contribution in [3.63, 3.8) is 0 Å². The molecular weight excluding hydrogens is 434 g/mol. The summed E-state index contributed by atoms with van der Waals surface area (Å²) in [5, 5.41) is 17.1. The second-order valence-electron chi connectivity index (χ2n) is 6.09. The summed E-state index contributed by atoms with van der Waals surface area (Å²) in [7, 11) is 2.80. The molecule has 0 aliphatic carbocycles. The molecular formula is C17H19N5O6S2. The number of hydrogen-bond acceptors (Lipinski definition) is 10. The molecule has 1 fully saturated rings. The third-order valence-electron chi connectivity index (χ3n) is 4.23. The molecule has 13 heteroatoms. The van der Waals surface area contributed by atoms with E-state index in [0.717, 1.165) is 11.3 Å². The van der Waals surface area contributed by atoms with Crippen LogP contribution in [-0.2, 0) is 24.0 Å². The topological polar surface area (TPSA) is 156 Å². The van der Waals surface area contributed by atoms with Crippen LogP contribution in [0.15, 0.2) is 34.0 Å². The summed E-state index contributed by atoms with van der Waals surface area (Å²) in [6.07, 6.45) is 3.31. The van der Waals surface area contributed by atoms with Crippen molar-refractivity contribution < 1.29 is 29.1 Å². The Morgan fingerprint density at radius 3 is 2.87 bits per heavy atom. The molecule has 0 aromatic carbocycles. The zero-order valence-electron chi connectivity index (χ0n) is 16.0. The monoisotopic (exact) mass is 453 g/mol. The summed E-state index contributed by atoms with van der Waals surface area (Å²) >= 11 is 2.48. The van der Waals surface area contributed by atoms with Gasteiger partial charge in [-0.3, -0.25) is 14.5 Å². The first kappa shape index (κ1) is 21.8. The molecule has 4 N–H and O–H groups in total. The molecule has 2 aliphatic heterocycles. The second-order valence-corrected chi connectivity index (χ2v) is 8.09. The minimum absolute atomic E-state index is 0.0975. The number of carbonyl (C=O) groups is 3. The van der Waals surface area contributed by atoms with Gasteiger partial charge in [0.15, 0.2) is 10.8 Å². The number of fused-ring (bicyclic) bond motifs is 1. The maximum atomic E-state index is 12.7. The van der Waals surface area contributed by atoms with Crippen LogP contribution in [0.5, 0.6) is 0 Å². The molecule has 2 aliphatic rings. The van der Waals surface area contributed by atoms with Crippen LogP contribution >= 0.6 is 23.1 Å². The van der Waals surface area contributed by atoms with Crippen LogP contribution < -0.4 is 11.1 Å². The number of nitrogens with two attached hydrogens (primary N) is 1. The number of carbonyl (C=O) groups excluding carboxylic acids is 2. The Balaban J connectivity index is 1.78. The first-order valence-corrected chi connectivity index (χ1v) is 10.5. The molecule has 11 nitrogen and oxygen atoms in total. The number of nitrogens with zero attached hydrogens (tertiary/aromatic N) is 3. The van der Waals surface area contributed by atoms with Crippen LogP contribution in [0.4, 0.5) is 5.13 Å². The van der Waals surface area contributed by atoms with E-state index in [2.05, 4.69) is 15.5 Å². The molecule has 30 heavy (non-hydrogen) atoms. The van der Waals surface area contributed by atoms with Gasteiger partial charge in [0, 0.05) is 18.2 Å². The number of thioether (sulfide) groups is 1. The van der Waals surface area contributed by atoms with Gasteiger partial charge >= 0.3 is 5.97 Å². The number of carboxylic acids is 1. The number of oxime groups is 1. The van der Waals surface area contributed by atoms with Crippen LogP contribution in [0.1, 0.15) is 5.69 Å². The third-order valence-corrected chi connectivity index (χ3v) is 6.21. The largest absolute Gasteiger partial charge is 0.477 e. The number of amides is 2. The van der Waals surface area contributed by atoms with Gasteiger partial charge in [0.1, 0.15) is 29.9 Å². The van der Waals surface area contributed by atoms with Crippen molar-refractivity contribution in [2.45, 2.75) is 11.4 Å². The molecule has 2 amide bonds. The van der Waals surface area contributed by atoms with Crippen molar-refractivity contribution >= 4 is 51.7 Å². The van der Waals surface area contributed by atoms with Crippen LogP contribution in [0.2, 0.25) is 0 Å². The predicted octanol–water partition coefficient (Wildman–Crippen LogP) is 0.0170. The number of allylic oxidation sites excluding steroid dienone is 1. The highest BCUT2D eigenvalue weighted by molar-refractivity contribution is 8.00. The summed E-state index contributed by atoms with van der Waals surface area (Å²) in [5.74, 6) is -2.04. The van der Waals surface area contributed by atoms with Crippen LogP contribution in [0.3, 0.4) is 0 Å². The van der Waals surface area contributed by atoms with Gasteiger partial charge < -0.3 is 25.7 Å². The Morgan fingerprint density at radius 2 is 2.27 bits per heavy atom. The number of aliphatic carboxylic acids is 1. The van der Waals surface area contributed by atoms with Gasteiger partial charge in [0.2, 0.25) is 0 Å². The lowest BCUT2D eigenvalue weighted by atomic mass is 10.0. The summed E-state index contributed by atoms with van der Waals surface area (Å²) in [6.45, 7) is 0.319. The van der Waals surface area contributed by atoms with Gasteiger partial charge in [-0.15, -0.1) is 23.1 Å². The van der Waals surface area contributed by atoms with Crippen LogP contribution in [0, 0.1) is 0 Å². The lowest BCUT2D eigenvalue weighted by Gasteiger charge is -2.49. The molecule has 160 valence electrons. The van der Waals surface area contributed by atoms with Crippen LogP contribution in [0.25, 0.3) is 0 Å². The number of nitrogens with one attached hydrogen (secondary N) is 1. The lowest BCUT2D eigenvalue weighted by molar-refractivity contribution is -0.150. The normalized spacial score (nSPS) is 21.5. The zero-order chi connectivity index (χ0) is 21.8. The molecule has 1 unspecified atom stereocenters. The maximum Gasteiger partial charge on any atom is 0.352 e. The van der Waals surface area contributed by atoms with E-state index in [-0.39, 0.29) is 22.2 Å². The van der Waals surface area contributed by atoms with Gasteiger partial charge in [0.25, 0.3) is 11.8 Å². The second kappa shape index (κ2) is 9.28. The average molecular weight is 454 g/mol. The zero-order valence-corrected chi connectivity index (χ0v) is 17.7. The van der Waals surface area contributed by atoms with Crippen molar-refractivity contribution in [2.75, 3.05) is 32.3 Å². The Kier molecular flexibility index (Phi) is 6.74. The number of ether oxygens (including phenoxy) is 1. The molecule has 0 saturated carbocycles. The van der Waals surface area contributed by atoms with E-state index >= 15 is 0 Å². The van der Waals surface area contributed by atoms with Crippen molar-refractivity contribution in [1.29, 1.82) is 0 Å². The SMILES string of the molecule is COCC=CC1=C(C(=O)O)N2C(=O)C(NC(=O)C(=NOC)c3csc(N)n3)[C@@H]2SC1. The fraction of sp³-hybridized carbons (Fsp3) is 0.353. The molecule has 1 aromatic heterocycles. The van der Waals surface area contributed by atoms with E-state index in [9.17, 15) is 19.5 Å². The first-order chi connectivity index (χ1) is 14.4. The number of anilines is 1. The lowest BCUT2D eigenvalue weighted by Crippen LogP contribution is -2.71. The van der Waals surface area contributed by atoms with Gasteiger partial charge in [-0.1, -0.05) is 17.3 Å². The van der Waals surface area contributed by atoms with E-state index in [0.29, 0.717) is 17.9 Å². The quantitative estimate of drug-likeness (QED) is 0.280. The van der Waals surface area contributed by atoms with Crippen molar-refractivity contribution in [3.8, 4) is 0 Å². The van der Waals surface area contributed by atoms with Gasteiger partial charge in [-0.05, 0) is 5.57 Å². The molecule has 0 radical (unpaired) electrons. The number of β-lactam (4-membered cyclic amide) rings is 1. The van der Waals surface area contributed by atoms with E-state index in [1.54, 1.807) is 17.5 Å². The van der Waals surface area contributed by atoms with Crippen molar-refractivity contribution in [2.24, 2.45) is 5.16 Å². The number of methoxy groups -OCH3 is 1. The molecule has 0 bridgehead atoms. The van der Waals surface area contributed by atoms with Gasteiger partial charge in [-0.25, -0.2) is 9.78 Å². The third kappa shape index (κ3) is 4.17. The number of nitrogen functional groups attached to an aromatic ring is 1. The number of rotatable bonds is 8. The predicted molar refractivity (Wildman–Crippen MR) is 111 cm³/mol. The van der Waals surface area contributed by atoms with E-state index < -0.39 is 29.2 Å². The highest BCUT2D eigenvalue weighted by atomic mass is 32.2. The summed E-state index contributed by atoms with van der Waals surface area (Å²) < 4.78 is 4.93. The standard InChI is InChI=1S/C17H19N5O6S2/c1-27-5-3-4-8-6-29-15-11(14(24)22(15)12(8)16(25)26)20-13(23)10(21-28-2)9-7-30-17(18)19-9/h3-4,7,11,15H,5-6H2,1-2H3,(H2,18,19)(H,20,23)(H,25,26)/t11?,15-/m0/s1. The number of carboxylic acid groups (broad SMARTS) is 1. The van der Waals surface area contributed by atoms with Gasteiger partial charge in [-0.2, -0.15) is 0 Å². The summed E-state index contributed by atoms with van der Waals surface area (Å²) in [4.78, 5) is 47.1. The Bertz CT molecular complexity index is 956. The molecule has 3 rings (SSSR count). The molecule has 1 aromatic rings. The minimum atomic E-state index is -1.21. The highest BCUT2D eigenvalue weighted by Crippen LogP contribution is 2.40. The van der Waals surface area contributed by atoms with Crippen LogP contribution in [-0.4, -0.2) is 76.5 Å². The number of thiazole rings is 1. The maximum absolute atomic E-state index is 12.7. The molecule has 0 spiro atoms. The van der Waals surface area contributed by atoms with Gasteiger partial charge in [0.05, 0.1) is 6.61 Å². The van der Waals surface area contributed by atoms with E-state index in [4.69, 9.17) is 15.3 Å². The fourth-order valence-corrected chi connectivity index (χ4v) is 4.83. The average Bonchev–Trinajstić information content (AvgIpc) is 3.15. The first-order valence-electron chi connectivity index (χ1n) is 8.59. The summed E-state index contributed by atoms with van der Waals surface area (Å²) in [6, 6.07) is -0.903. The molecule has 2 atom stereocenters. The van der Waals surface area contributed by atoms with Crippen molar-refractivity contribution in [3.05, 3.63) is 34.5 Å². The smallest absolute Gasteiger partial charge is 0.352 e. The van der Waals surface area contributed by atoms with E-state index in [1.165, 1.54) is 30.9 Å². The molecule has 1 saturated heterocycles. The number of aromatic nitrogens is 1. The van der Waals surface area contributed by atoms with Crippen molar-refractivity contribution in [1.82, 2.24) is 15.2 Å². The minimum Gasteiger partial charge on any atom is -0.477 e. The Morgan fingerprint density at radius 1 is 1.50 bits per heavy atom. The highest BCUT2D eigenvalue weighted by Gasteiger charge is 2.54. The summed E-state index contributed by atoms with van der Waals surface area (Å²) in [5.41, 5.74) is 6.09. The Hall–Kier alpha value is -2.90. The Labute approximate surface area is 179 Å². The number of hydrogen-bond donors (Lipinski definition) is 3.